The molecule has 0 atom stereocenters. The van der Waals surface area contributed by atoms with E-state index in [2.05, 4.69) is 14.8 Å². The van der Waals surface area contributed by atoms with Crippen molar-refractivity contribution in [2.24, 2.45) is 0 Å². The largest absolute Gasteiger partial charge is 0.573 e. The predicted molar refractivity (Wildman–Crippen MR) is 108 cm³/mol. The molecule has 31 heavy (non-hydrogen) atoms. The molecular formula is C22H20F3N3O3. The molecule has 2 aromatic carbocycles. The second kappa shape index (κ2) is 9.03. The van der Waals surface area contributed by atoms with Crippen LogP contribution in [0.3, 0.4) is 0 Å². The summed E-state index contributed by atoms with van der Waals surface area (Å²) in [4.78, 5) is 16.2. The van der Waals surface area contributed by atoms with Gasteiger partial charge in [0.2, 0.25) is 0 Å². The number of esters is 1. The highest BCUT2D eigenvalue weighted by atomic mass is 19.4. The highest BCUT2D eigenvalue weighted by Gasteiger charge is 2.31. The number of hydrogen-bond donors (Lipinski definition) is 0. The van der Waals surface area contributed by atoms with Crippen LogP contribution in [-0.4, -0.2) is 33.7 Å². The van der Waals surface area contributed by atoms with E-state index in [1.54, 1.807) is 13.8 Å². The molecule has 9 heteroatoms. The summed E-state index contributed by atoms with van der Waals surface area (Å²) in [6.45, 7) is 5.64. The molecule has 0 bridgehead atoms. The molecular weight excluding hydrogens is 411 g/mol. The van der Waals surface area contributed by atoms with Crippen LogP contribution in [0.1, 0.15) is 26.3 Å². The van der Waals surface area contributed by atoms with E-state index >= 15 is 0 Å². The van der Waals surface area contributed by atoms with E-state index in [9.17, 15) is 18.0 Å². The van der Waals surface area contributed by atoms with E-state index in [1.165, 1.54) is 35.3 Å². The number of halogens is 3. The first-order valence-electron chi connectivity index (χ1n) is 9.41. The lowest BCUT2D eigenvalue weighted by atomic mass is 10.0. The lowest BCUT2D eigenvalue weighted by molar-refractivity contribution is -0.274. The van der Waals surface area contributed by atoms with Gasteiger partial charge in [-0.2, -0.15) is 0 Å². The maximum atomic E-state index is 12.3. The van der Waals surface area contributed by atoms with Crippen molar-refractivity contribution in [2.45, 2.75) is 27.1 Å². The molecule has 0 fully saturated rings. The zero-order valence-corrected chi connectivity index (χ0v) is 17.1. The Kier molecular flexibility index (Phi) is 6.43. The molecule has 0 aliphatic heterocycles. The van der Waals surface area contributed by atoms with Gasteiger partial charge in [-0.25, -0.2) is 14.5 Å². The van der Waals surface area contributed by atoms with Crippen LogP contribution in [0.4, 0.5) is 13.2 Å². The van der Waals surface area contributed by atoms with Gasteiger partial charge in [0, 0.05) is 11.1 Å². The van der Waals surface area contributed by atoms with Crippen molar-refractivity contribution in [3.63, 3.8) is 0 Å². The summed E-state index contributed by atoms with van der Waals surface area (Å²) in [6.07, 6.45) is -3.27. The van der Waals surface area contributed by atoms with Crippen LogP contribution in [0.2, 0.25) is 0 Å². The molecule has 6 nitrogen and oxygen atoms in total. The van der Waals surface area contributed by atoms with Crippen molar-refractivity contribution < 1.29 is 27.4 Å². The van der Waals surface area contributed by atoms with Gasteiger partial charge in [-0.3, -0.25) is 0 Å². The molecule has 3 rings (SSSR count). The Morgan fingerprint density at radius 3 is 2.26 bits per heavy atom. The third-order valence-electron chi connectivity index (χ3n) is 4.55. The van der Waals surface area contributed by atoms with Crippen LogP contribution in [0.25, 0.3) is 22.6 Å². The van der Waals surface area contributed by atoms with Gasteiger partial charge in [-0.05, 0) is 56.2 Å². The number of carbonyl (C=O) groups excluding carboxylic acids is 1. The minimum atomic E-state index is -4.74. The summed E-state index contributed by atoms with van der Waals surface area (Å²) in [6, 6.07) is 12.7. The third kappa shape index (κ3) is 5.50. The Labute approximate surface area is 176 Å². The Balaban J connectivity index is 1.77. The number of allylic oxidation sites excluding steroid dienone is 1. The van der Waals surface area contributed by atoms with Gasteiger partial charge >= 0.3 is 12.3 Å². The number of carbonyl (C=O) groups is 1. The van der Waals surface area contributed by atoms with Gasteiger partial charge in [0.05, 0.1) is 12.3 Å². The number of rotatable bonds is 6. The fraction of sp³-hybridized carbons (Fsp3) is 0.227. The molecule has 0 saturated carbocycles. The highest BCUT2D eigenvalue weighted by molar-refractivity contribution is 5.96. The Hall–Kier alpha value is -3.62. The maximum absolute atomic E-state index is 12.3. The van der Waals surface area contributed by atoms with Crippen LogP contribution in [0.15, 0.2) is 60.4 Å². The van der Waals surface area contributed by atoms with E-state index in [1.807, 2.05) is 31.2 Å². The van der Waals surface area contributed by atoms with E-state index in [0.29, 0.717) is 23.7 Å². The van der Waals surface area contributed by atoms with E-state index < -0.39 is 6.36 Å². The highest BCUT2D eigenvalue weighted by Crippen LogP contribution is 2.25. The van der Waals surface area contributed by atoms with Crippen LogP contribution < -0.4 is 4.74 Å². The van der Waals surface area contributed by atoms with Gasteiger partial charge in [0.15, 0.2) is 5.82 Å². The second-order valence-electron chi connectivity index (χ2n) is 6.60. The van der Waals surface area contributed by atoms with E-state index in [4.69, 9.17) is 4.74 Å². The predicted octanol–water partition coefficient (Wildman–Crippen LogP) is 5.19. The molecule has 1 aromatic heterocycles. The third-order valence-corrected chi connectivity index (χ3v) is 4.55. The van der Waals surface area contributed by atoms with Gasteiger partial charge in [-0.15, -0.1) is 18.3 Å². The summed E-state index contributed by atoms with van der Waals surface area (Å²) in [7, 11) is 0. The van der Waals surface area contributed by atoms with Crippen LogP contribution in [0.5, 0.6) is 5.75 Å². The summed E-state index contributed by atoms with van der Waals surface area (Å²) < 4.78 is 47.2. The van der Waals surface area contributed by atoms with Crippen molar-refractivity contribution in [3.8, 4) is 22.8 Å². The molecule has 3 aromatic rings. The first-order chi connectivity index (χ1) is 14.7. The van der Waals surface area contributed by atoms with Crippen molar-refractivity contribution in [3.05, 3.63) is 66.0 Å². The van der Waals surface area contributed by atoms with Gasteiger partial charge in [0.1, 0.15) is 12.1 Å². The standard InChI is InChI=1S/C22H20F3N3O3/c1-4-30-21(29)15(3)14(2)16-5-7-17(8-6-16)20-26-13-28(27-20)18-9-11-19(12-10-18)31-22(23,24)25/h5-13H,4H2,1-3H3. The van der Waals surface area contributed by atoms with Crippen molar-refractivity contribution in [2.75, 3.05) is 6.61 Å². The minimum Gasteiger partial charge on any atom is -0.463 e. The SMILES string of the molecule is CCOC(=O)C(C)=C(C)c1ccc(-c2ncn(-c3ccc(OC(F)(F)F)cc3)n2)cc1. The van der Waals surface area contributed by atoms with Crippen molar-refractivity contribution in [1.29, 1.82) is 0 Å². The molecule has 0 unspecified atom stereocenters. The molecule has 0 radical (unpaired) electrons. The molecule has 0 aliphatic rings. The zero-order chi connectivity index (χ0) is 22.6. The number of nitrogens with zero attached hydrogens (tertiary/aromatic N) is 3. The second-order valence-corrected chi connectivity index (χ2v) is 6.60. The Bertz CT molecular complexity index is 1090. The van der Waals surface area contributed by atoms with Gasteiger partial charge in [-0.1, -0.05) is 24.3 Å². The number of ether oxygens (including phenoxy) is 2. The Morgan fingerprint density at radius 1 is 1.03 bits per heavy atom. The number of benzene rings is 2. The van der Waals surface area contributed by atoms with E-state index in [-0.39, 0.29) is 11.7 Å². The number of alkyl halides is 3. The van der Waals surface area contributed by atoms with Crippen molar-refractivity contribution >= 4 is 11.5 Å². The summed E-state index contributed by atoms with van der Waals surface area (Å²) in [5.41, 5.74) is 3.50. The van der Waals surface area contributed by atoms with Crippen LogP contribution in [-0.2, 0) is 9.53 Å². The van der Waals surface area contributed by atoms with E-state index in [0.717, 1.165) is 16.7 Å². The topological polar surface area (TPSA) is 66.2 Å². The molecule has 1 heterocycles. The molecule has 0 spiro atoms. The lowest BCUT2D eigenvalue weighted by Gasteiger charge is -2.09. The van der Waals surface area contributed by atoms with Gasteiger partial charge in [0.25, 0.3) is 0 Å². The smallest absolute Gasteiger partial charge is 0.463 e. The molecule has 0 N–H and O–H groups in total. The van der Waals surface area contributed by atoms with Crippen molar-refractivity contribution in [1.82, 2.24) is 14.8 Å². The molecule has 0 saturated heterocycles. The summed E-state index contributed by atoms with van der Waals surface area (Å²) >= 11 is 0. The Morgan fingerprint density at radius 2 is 1.68 bits per heavy atom. The minimum absolute atomic E-state index is 0.311. The number of aromatic nitrogens is 3. The van der Waals surface area contributed by atoms with Gasteiger partial charge < -0.3 is 9.47 Å². The summed E-state index contributed by atoms with van der Waals surface area (Å²) in [5, 5.41) is 4.37. The average Bonchev–Trinajstić information content (AvgIpc) is 3.22. The summed E-state index contributed by atoms with van der Waals surface area (Å²) in [5.74, 6) is -0.212. The monoisotopic (exact) mass is 431 g/mol. The quantitative estimate of drug-likeness (QED) is 0.397. The zero-order valence-electron chi connectivity index (χ0n) is 17.1. The fourth-order valence-corrected chi connectivity index (χ4v) is 2.80. The molecule has 0 amide bonds. The first kappa shape index (κ1) is 22.1. The maximum Gasteiger partial charge on any atom is 0.573 e. The lowest BCUT2D eigenvalue weighted by Crippen LogP contribution is -2.17. The average molecular weight is 431 g/mol. The number of hydrogen-bond acceptors (Lipinski definition) is 5. The van der Waals surface area contributed by atoms with Crippen LogP contribution in [0, 0.1) is 0 Å². The first-order valence-corrected chi connectivity index (χ1v) is 9.41. The van der Waals surface area contributed by atoms with Crippen LogP contribution >= 0.6 is 0 Å². The molecule has 0 aliphatic carbocycles. The molecule has 162 valence electrons. The normalized spacial score (nSPS) is 12.3. The fourth-order valence-electron chi connectivity index (χ4n) is 2.80.